The van der Waals surface area contributed by atoms with E-state index < -0.39 is 5.54 Å². The maximum absolute atomic E-state index is 13.2. The average Bonchev–Trinajstić information content (AvgIpc) is 2.07. The Balaban J connectivity index is 3.39. The molecule has 0 heterocycles. The summed E-state index contributed by atoms with van der Waals surface area (Å²) in [4.78, 5) is 0. The molecule has 1 aromatic rings. The van der Waals surface area contributed by atoms with Crippen LogP contribution in [0.2, 0.25) is 0 Å². The SMILES string of the molecule is COc1c(C(C)(C)N)ccc(F)c1Br. The molecule has 0 fully saturated rings. The van der Waals surface area contributed by atoms with Crippen LogP contribution in [0.5, 0.6) is 5.75 Å². The third-order valence-electron chi connectivity index (χ3n) is 1.95. The van der Waals surface area contributed by atoms with E-state index in [-0.39, 0.29) is 5.82 Å². The van der Waals surface area contributed by atoms with E-state index >= 15 is 0 Å². The van der Waals surface area contributed by atoms with Crippen LogP contribution in [0, 0.1) is 5.82 Å². The van der Waals surface area contributed by atoms with Gasteiger partial charge in [-0.15, -0.1) is 0 Å². The molecule has 0 bridgehead atoms. The summed E-state index contributed by atoms with van der Waals surface area (Å²) >= 11 is 3.13. The monoisotopic (exact) mass is 261 g/mol. The van der Waals surface area contributed by atoms with Crippen molar-refractivity contribution in [1.29, 1.82) is 0 Å². The molecule has 4 heteroatoms. The van der Waals surface area contributed by atoms with Crippen LogP contribution < -0.4 is 10.5 Å². The zero-order valence-electron chi connectivity index (χ0n) is 8.40. The van der Waals surface area contributed by atoms with Gasteiger partial charge < -0.3 is 10.5 Å². The normalized spacial score (nSPS) is 11.6. The van der Waals surface area contributed by atoms with Crippen LogP contribution in [0.3, 0.4) is 0 Å². The molecule has 0 amide bonds. The van der Waals surface area contributed by atoms with Crippen molar-refractivity contribution in [3.63, 3.8) is 0 Å². The molecule has 0 aliphatic rings. The summed E-state index contributed by atoms with van der Waals surface area (Å²) in [5.41, 5.74) is 6.15. The second-order valence-corrected chi connectivity index (χ2v) is 4.46. The number of methoxy groups -OCH3 is 1. The maximum Gasteiger partial charge on any atom is 0.141 e. The molecule has 78 valence electrons. The van der Waals surface area contributed by atoms with Gasteiger partial charge in [0.1, 0.15) is 11.6 Å². The summed E-state index contributed by atoms with van der Waals surface area (Å²) in [5.74, 6) is 0.104. The Morgan fingerprint density at radius 3 is 2.43 bits per heavy atom. The van der Waals surface area contributed by atoms with Gasteiger partial charge in [0, 0.05) is 11.1 Å². The lowest BCUT2D eigenvalue weighted by atomic mass is 9.95. The highest BCUT2D eigenvalue weighted by Gasteiger charge is 2.22. The summed E-state index contributed by atoms with van der Waals surface area (Å²) in [7, 11) is 1.49. The minimum absolute atomic E-state index is 0.316. The number of hydrogen-bond acceptors (Lipinski definition) is 2. The molecule has 2 nitrogen and oxygen atoms in total. The Kier molecular flexibility index (Phi) is 3.17. The standard InChI is InChI=1S/C10H13BrFNO/c1-10(2,13)6-4-5-7(12)8(11)9(6)14-3/h4-5H,13H2,1-3H3. The summed E-state index contributed by atoms with van der Waals surface area (Å²) in [5, 5.41) is 0. The first-order chi connectivity index (χ1) is 6.38. The molecule has 0 saturated carbocycles. The molecule has 0 saturated heterocycles. The fourth-order valence-corrected chi connectivity index (χ4v) is 1.75. The Morgan fingerprint density at radius 1 is 1.43 bits per heavy atom. The summed E-state index contributed by atoms with van der Waals surface area (Å²) < 4.78 is 18.6. The van der Waals surface area contributed by atoms with Crippen molar-refractivity contribution in [2.75, 3.05) is 7.11 Å². The molecule has 14 heavy (non-hydrogen) atoms. The van der Waals surface area contributed by atoms with Gasteiger partial charge in [0.2, 0.25) is 0 Å². The Hall–Kier alpha value is -0.610. The molecule has 0 aliphatic heterocycles. The van der Waals surface area contributed by atoms with E-state index in [2.05, 4.69) is 15.9 Å². The van der Waals surface area contributed by atoms with Crippen LogP contribution in [0.25, 0.3) is 0 Å². The maximum atomic E-state index is 13.2. The summed E-state index contributed by atoms with van der Waals surface area (Å²) in [6.07, 6.45) is 0. The lowest BCUT2D eigenvalue weighted by molar-refractivity contribution is 0.387. The van der Waals surface area contributed by atoms with Crippen LogP contribution >= 0.6 is 15.9 Å². The highest BCUT2D eigenvalue weighted by molar-refractivity contribution is 9.10. The van der Waals surface area contributed by atoms with E-state index in [1.165, 1.54) is 13.2 Å². The third-order valence-corrected chi connectivity index (χ3v) is 2.69. The minimum Gasteiger partial charge on any atom is -0.495 e. The van der Waals surface area contributed by atoms with E-state index in [0.717, 1.165) is 5.56 Å². The molecule has 1 rings (SSSR count). The minimum atomic E-state index is -0.554. The zero-order chi connectivity index (χ0) is 10.9. The first-order valence-electron chi connectivity index (χ1n) is 4.19. The van der Waals surface area contributed by atoms with Gasteiger partial charge in [-0.05, 0) is 35.8 Å². The van der Waals surface area contributed by atoms with Gasteiger partial charge in [0.15, 0.2) is 0 Å². The molecule has 0 spiro atoms. The number of rotatable bonds is 2. The number of ether oxygens (including phenoxy) is 1. The zero-order valence-corrected chi connectivity index (χ0v) is 9.98. The van der Waals surface area contributed by atoms with Gasteiger partial charge in [-0.3, -0.25) is 0 Å². The lowest BCUT2D eigenvalue weighted by Gasteiger charge is -2.22. The molecule has 1 aromatic carbocycles. The van der Waals surface area contributed by atoms with Gasteiger partial charge >= 0.3 is 0 Å². The van der Waals surface area contributed by atoms with Crippen LogP contribution in [0.15, 0.2) is 16.6 Å². The Labute approximate surface area is 91.4 Å². The van der Waals surface area contributed by atoms with Crippen LogP contribution in [-0.2, 0) is 5.54 Å². The van der Waals surface area contributed by atoms with Crippen molar-refractivity contribution in [1.82, 2.24) is 0 Å². The first kappa shape index (κ1) is 11.5. The molecule has 0 unspecified atom stereocenters. The van der Waals surface area contributed by atoms with E-state index in [1.807, 2.05) is 13.8 Å². The second-order valence-electron chi connectivity index (χ2n) is 3.66. The number of hydrogen-bond donors (Lipinski definition) is 1. The molecule has 0 aromatic heterocycles. The van der Waals surface area contributed by atoms with Crippen molar-refractivity contribution < 1.29 is 9.13 Å². The van der Waals surface area contributed by atoms with E-state index in [1.54, 1.807) is 6.07 Å². The number of halogens is 2. The Morgan fingerprint density at radius 2 is 2.00 bits per heavy atom. The van der Waals surface area contributed by atoms with E-state index in [4.69, 9.17) is 10.5 Å². The lowest BCUT2D eigenvalue weighted by Crippen LogP contribution is -2.29. The smallest absolute Gasteiger partial charge is 0.141 e. The Bertz CT molecular complexity index is 347. The summed E-state index contributed by atoms with van der Waals surface area (Å²) in [6.45, 7) is 3.68. The van der Waals surface area contributed by atoms with Crippen molar-refractivity contribution in [3.05, 3.63) is 28.0 Å². The van der Waals surface area contributed by atoms with E-state index in [0.29, 0.717) is 10.2 Å². The van der Waals surface area contributed by atoms with Gasteiger partial charge in [-0.25, -0.2) is 4.39 Å². The van der Waals surface area contributed by atoms with Gasteiger partial charge in [-0.1, -0.05) is 6.07 Å². The van der Waals surface area contributed by atoms with Gasteiger partial charge in [-0.2, -0.15) is 0 Å². The largest absolute Gasteiger partial charge is 0.495 e. The number of nitrogens with two attached hydrogens (primary N) is 1. The molecule has 0 aliphatic carbocycles. The fraction of sp³-hybridized carbons (Fsp3) is 0.400. The highest BCUT2D eigenvalue weighted by Crippen LogP contribution is 2.36. The van der Waals surface area contributed by atoms with Gasteiger partial charge in [0.25, 0.3) is 0 Å². The predicted octanol–water partition coefficient (Wildman–Crippen LogP) is 2.79. The molecular formula is C10H13BrFNO. The van der Waals surface area contributed by atoms with Crippen molar-refractivity contribution in [2.45, 2.75) is 19.4 Å². The molecule has 0 atom stereocenters. The quantitative estimate of drug-likeness (QED) is 0.889. The third kappa shape index (κ3) is 2.07. The van der Waals surface area contributed by atoms with E-state index in [9.17, 15) is 4.39 Å². The van der Waals surface area contributed by atoms with Crippen molar-refractivity contribution in [3.8, 4) is 5.75 Å². The molecule has 0 radical (unpaired) electrons. The summed E-state index contributed by atoms with van der Waals surface area (Å²) in [6, 6.07) is 3.01. The van der Waals surface area contributed by atoms with Crippen LogP contribution in [0.4, 0.5) is 4.39 Å². The van der Waals surface area contributed by atoms with Crippen LogP contribution in [-0.4, -0.2) is 7.11 Å². The number of benzene rings is 1. The van der Waals surface area contributed by atoms with Gasteiger partial charge in [0.05, 0.1) is 11.6 Å². The second kappa shape index (κ2) is 3.87. The van der Waals surface area contributed by atoms with Crippen molar-refractivity contribution in [2.24, 2.45) is 5.73 Å². The molecule has 2 N–H and O–H groups in total. The van der Waals surface area contributed by atoms with Crippen LogP contribution in [0.1, 0.15) is 19.4 Å². The average molecular weight is 262 g/mol. The highest BCUT2D eigenvalue weighted by atomic mass is 79.9. The molecular weight excluding hydrogens is 249 g/mol. The first-order valence-corrected chi connectivity index (χ1v) is 4.98. The topological polar surface area (TPSA) is 35.2 Å². The predicted molar refractivity (Wildman–Crippen MR) is 57.9 cm³/mol. The fourth-order valence-electron chi connectivity index (χ4n) is 1.24. The van der Waals surface area contributed by atoms with Crippen molar-refractivity contribution >= 4 is 15.9 Å².